The van der Waals surface area contributed by atoms with Crippen molar-refractivity contribution >= 4 is 5.97 Å². The van der Waals surface area contributed by atoms with Gasteiger partial charge >= 0.3 is 5.97 Å². The number of carbonyl (C=O) groups excluding carboxylic acids is 1. The van der Waals surface area contributed by atoms with E-state index in [9.17, 15) is 4.79 Å². The molecular weight excluding hydrogens is 204 g/mol. The van der Waals surface area contributed by atoms with Crippen LogP contribution in [0.3, 0.4) is 0 Å². The molecule has 0 amide bonds. The number of ether oxygens (including phenoxy) is 1. The molecule has 16 heavy (non-hydrogen) atoms. The van der Waals surface area contributed by atoms with Crippen LogP contribution < -0.4 is 5.73 Å². The zero-order chi connectivity index (χ0) is 12.0. The molecule has 4 nitrogen and oxygen atoms in total. The molecular formula is C12H24N2O2. The fourth-order valence-electron chi connectivity index (χ4n) is 2.09. The van der Waals surface area contributed by atoms with Gasteiger partial charge in [-0.15, -0.1) is 0 Å². The minimum atomic E-state index is -0.269. The highest BCUT2D eigenvalue weighted by molar-refractivity contribution is 5.76. The van der Waals surface area contributed by atoms with Crippen molar-refractivity contribution in [2.75, 3.05) is 32.8 Å². The number of hydrogen-bond acceptors (Lipinski definition) is 4. The Hall–Kier alpha value is -0.610. The van der Waals surface area contributed by atoms with E-state index in [1.807, 2.05) is 13.8 Å². The molecule has 0 radical (unpaired) electrons. The molecule has 0 atom stereocenters. The second kappa shape index (κ2) is 6.21. The number of nitrogens with two attached hydrogens (primary N) is 1. The zero-order valence-corrected chi connectivity index (χ0v) is 10.5. The maximum Gasteiger partial charge on any atom is 0.311 e. The van der Waals surface area contributed by atoms with E-state index in [1.165, 1.54) is 0 Å². The van der Waals surface area contributed by atoms with Crippen molar-refractivity contribution in [3.8, 4) is 0 Å². The van der Waals surface area contributed by atoms with Crippen molar-refractivity contribution in [2.45, 2.75) is 33.1 Å². The molecule has 1 rings (SSSR count). The van der Waals surface area contributed by atoms with Gasteiger partial charge in [-0.25, -0.2) is 0 Å². The van der Waals surface area contributed by atoms with Gasteiger partial charge in [0.15, 0.2) is 0 Å². The zero-order valence-electron chi connectivity index (χ0n) is 10.5. The molecule has 1 aliphatic rings. The van der Waals surface area contributed by atoms with Gasteiger partial charge in [0.25, 0.3) is 0 Å². The molecule has 0 spiro atoms. The first-order valence-electron chi connectivity index (χ1n) is 6.22. The summed E-state index contributed by atoms with van der Waals surface area (Å²) in [6.45, 7) is 8.11. The third-order valence-electron chi connectivity index (χ3n) is 3.41. The first-order valence-corrected chi connectivity index (χ1v) is 6.22. The van der Waals surface area contributed by atoms with Gasteiger partial charge < -0.3 is 15.4 Å². The summed E-state index contributed by atoms with van der Waals surface area (Å²) < 4.78 is 5.12. The predicted octanol–water partition coefficient (Wildman–Crippen LogP) is 1.00. The SMILES string of the molecule is CCOC(=O)C1(C)CCN(CCCN)CC1. The second-order valence-corrected chi connectivity index (χ2v) is 4.76. The Balaban J connectivity index is 2.37. The molecule has 4 heteroatoms. The third kappa shape index (κ3) is 3.46. The lowest BCUT2D eigenvalue weighted by Gasteiger charge is -2.37. The molecule has 0 aromatic carbocycles. The van der Waals surface area contributed by atoms with Crippen LogP contribution in [0.15, 0.2) is 0 Å². The predicted molar refractivity (Wildman–Crippen MR) is 64.1 cm³/mol. The smallest absolute Gasteiger partial charge is 0.311 e. The number of hydrogen-bond donors (Lipinski definition) is 1. The molecule has 1 heterocycles. The number of rotatable bonds is 5. The van der Waals surface area contributed by atoms with Crippen molar-refractivity contribution in [2.24, 2.45) is 11.1 Å². The highest BCUT2D eigenvalue weighted by Gasteiger charge is 2.37. The summed E-state index contributed by atoms with van der Waals surface area (Å²) in [5.74, 6) is -0.0338. The van der Waals surface area contributed by atoms with Crippen molar-refractivity contribution in [3.05, 3.63) is 0 Å². The van der Waals surface area contributed by atoms with Crippen LogP contribution in [0.4, 0.5) is 0 Å². The van der Waals surface area contributed by atoms with Crippen molar-refractivity contribution < 1.29 is 9.53 Å². The average molecular weight is 228 g/mol. The van der Waals surface area contributed by atoms with Gasteiger partial charge in [-0.05, 0) is 59.3 Å². The van der Waals surface area contributed by atoms with Crippen LogP contribution >= 0.6 is 0 Å². The van der Waals surface area contributed by atoms with E-state index in [0.29, 0.717) is 6.61 Å². The third-order valence-corrected chi connectivity index (χ3v) is 3.41. The molecule has 0 unspecified atom stereocenters. The van der Waals surface area contributed by atoms with Crippen LogP contribution in [-0.2, 0) is 9.53 Å². The maximum absolute atomic E-state index is 11.8. The molecule has 94 valence electrons. The highest BCUT2D eigenvalue weighted by Crippen LogP contribution is 2.32. The molecule has 0 bridgehead atoms. The maximum atomic E-state index is 11.8. The molecule has 1 aliphatic heterocycles. The van der Waals surface area contributed by atoms with Crippen LogP contribution in [0.5, 0.6) is 0 Å². The van der Waals surface area contributed by atoms with Crippen LogP contribution in [0.1, 0.15) is 33.1 Å². The molecule has 0 aromatic heterocycles. The Morgan fingerprint density at radius 3 is 2.56 bits per heavy atom. The number of likely N-dealkylation sites (tertiary alicyclic amines) is 1. The first-order chi connectivity index (χ1) is 7.62. The summed E-state index contributed by atoms with van der Waals surface area (Å²) in [6, 6.07) is 0. The highest BCUT2D eigenvalue weighted by atomic mass is 16.5. The summed E-state index contributed by atoms with van der Waals surface area (Å²) in [5, 5.41) is 0. The first kappa shape index (κ1) is 13.5. The Bertz CT molecular complexity index is 223. The van der Waals surface area contributed by atoms with Crippen LogP contribution in [0, 0.1) is 5.41 Å². The minimum absolute atomic E-state index is 0.0338. The van der Waals surface area contributed by atoms with E-state index in [-0.39, 0.29) is 11.4 Å². The fourth-order valence-corrected chi connectivity index (χ4v) is 2.09. The van der Waals surface area contributed by atoms with Gasteiger partial charge in [-0.1, -0.05) is 0 Å². The Kier molecular flexibility index (Phi) is 5.22. The second-order valence-electron chi connectivity index (χ2n) is 4.76. The van der Waals surface area contributed by atoms with Crippen molar-refractivity contribution in [1.82, 2.24) is 4.90 Å². The van der Waals surface area contributed by atoms with Crippen LogP contribution in [0.2, 0.25) is 0 Å². The van der Waals surface area contributed by atoms with Crippen LogP contribution in [0.25, 0.3) is 0 Å². The van der Waals surface area contributed by atoms with E-state index in [0.717, 1.165) is 45.4 Å². The van der Waals surface area contributed by atoms with Crippen LogP contribution in [-0.4, -0.2) is 43.7 Å². The van der Waals surface area contributed by atoms with Gasteiger partial charge in [0.2, 0.25) is 0 Å². The molecule has 1 saturated heterocycles. The Labute approximate surface area is 98.1 Å². The Morgan fingerprint density at radius 2 is 2.06 bits per heavy atom. The minimum Gasteiger partial charge on any atom is -0.466 e. The van der Waals surface area contributed by atoms with Crippen molar-refractivity contribution in [3.63, 3.8) is 0 Å². The van der Waals surface area contributed by atoms with E-state index in [1.54, 1.807) is 0 Å². The number of nitrogens with zero attached hydrogens (tertiary/aromatic N) is 1. The lowest BCUT2D eigenvalue weighted by Crippen LogP contribution is -2.43. The van der Waals surface area contributed by atoms with Crippen molar-refractivity contribution in [1.29, 1.82) is 0 Å². The quantitative estimate of drug-likeness (QED) is 0.713. The van der Waals surface area contributed by atoms with E-state index in [4.69, 9.17) is 10.5 Å². The number of esters is 1. The normalized spacial score (nSPS) is 20.7. The topological polar surface area (TPSA) is 55.6 Å². The van der Waals surface area contributed by atoms with Gasteiger partial charge in [0, 0.05) is 0 Å². The molecule has 0 saturated carbocycles. The summed E-state index contributed by atoms with van der Waals surface area (Å²) >= 11 is 0. The van der Waals surface area contributed by atoms with Gasteiger partial charge in [0.1, 0.15) is 0 Å². The molecule has 0 aliphatic carbocycles. The van der Waals surface area contributed by atoms with Gasteiger partial charge in [-0.2, -0.15) is 0 Å². The summed E-state index contributed by atoms with van der Waals surface area (Å²) in [4.78, 5) is 14.2. The fraction of sp³-hybridized carbons (Fsp3) is 0.917. The standard InChI is InChI=1S/C12H24N2O2/c1-3-16-11(15)12(2)5-9-14(10-6-12)8-4-7-13/h3-10,13H2,1-2H3. The summed E-state index contributed by atoms with van der Waals surface area (Å²) in [5.41, 5.74) is 5.22. The lowest BCUT2D eigenvalue weighted by molar-refractivity contribution is -0.157. The summed E-state index contributed by atoms with van der Waals surface area (Å²) in [6.07, 6.45) is 2.84. The van der Waals surface area contributed by atoms with E-state index >= 15 is 0 Å². The monoisotopic (exact) mass is 228 g/mol. The molecule has 0 aromatic rings. The van der Waals surface area contributed by atoms with Gasteiger partial charge in [-0.3, -0.25) is 4.79 Å². The molecule has 1 fully saturated rings. The van der Waals surface area contributed by atoms with E-state index < -0.39 is 0 Å². The lowest BCUT2D eigenvalue weighted by atomic mass is 9.80. The summed E-state index contributed by atoms with van der Waals surface area (Å²) in [7, 11) is 0. The molecule has 2 N–H and O–H groups in total. The largest absolute Gasteiger partial charge is 0.466 e. The van der Waals surface area contributed by atoms with E-state index in [2.05, 4.69) is 4.90 Å². The number of carbonyl (C=O) groups is 1. The average Bonchev–Trinajstić information content (AvgIpc) is 2.29. The number of piperidine rings is 1. The van der Waals surface area contributed by atoms with Gasteiger partial charge in [0.05, 0.1) is 12.0 Å². The Morgan fingerprint density at radius 1 is 1.44 bits per heavy atom.